The van der Waals surface area contributed by atoms with E-state index in [9.17, 15) is 24.3 Å². The van der Waals surface area contributed by atoms with E-state index in [1.807, 2.05) is 27.7 Å². The van der Waals surface area contributed by atoms with Gasteiger partial charge in [0.2, 0.25) is 0 Å². The summed E-state index contributed by atoms with van der Waals surface area (Å²) in [5.41, 5.74) is 6.10. The van der Waals surface area contributed by atoms with Gasteiger partial charge in [-0.2, -0.15) is 0 Å². The van der Waals surface area contributed by atoms with Crippen LogP contribution in [0.4, 0.5) is 9.59 Å². The summed E-state index contributed by atoms with van der Waals surface area (Å²) in [5, 5.41) is 9.64. The monoisotopic (exact) mass is 525 g/mol. The topological polar surface area (TPSA) is 161 Å². The second-order valence-corrected chi connectivity index (χ2v) is 9.89. The van der Waals surface area contributed by atoms with Crippen molar-refractivity contribution in [2.45, 2.75) is 72.8 Å². The van der Waals surface area contributed by atoms with Crippen LogP contribution in [0.2, 0.25) is 0 Å². The Morgan fingerprint density at radius 2 is 1.46 bits per heavy atom. The number of nitrogens with two attached hydrogens (primary N) is 1. The van der Waals surface area contributed by atoms with Gasteiger partial charge in [-0.15, -0.1) is 0 Å². The minimum absolute atomic E-state index is 0.0864. The highest BCUT2D eigenvalue weighted by molar-refractivity contribution is 5.75. The molecule has 0 amide bonds. The van der Waals surface area contributed by atoms with Crippen LogP contribution in [0.5, 0.6) is 11.5 Å². The number of carboxylic acids is 1. The third kappa shape index (κ3) is 11.5. The van der Waals surface area contributed by atoms with Gasteiger partial charge in [0.05, 0.1) is 26.2 Å². The van der Waals surface area contributed by atoms with E-state index in [1.165, 1.54) is 18.2 Å². The largest absolute Gasteiger partial charge is 0.513 e. The molecule has 0 spiro atoms. The molecule has 1 aromatic carbocycles. The number of carbonyl (C=O) groups is 4. The first kappa shape index (κ1) is 31.7. The molecule has 0 bridgehead atoms. The number of carbonyl (C=O) groups excluding carboxylic acids is 3. The third-order valence-electron chi connectivity index (χ3n) is 5.05. The standard InChI is InChI=1S/C26H39NO10/c1-7-11-33-24(31)36-18-10-9-17(13-19(18)37-25(32)34-12-8-2)21(22(27)23(29)30)16(3)15-35-20(28)14-26(4,5)6/h9-10,13,16,21-22H,7-8,11-12,14-15,27H2,1-6H3,(H,29,30)/t16?,21?,22-/m0/s1. The lowest BCUT2D eigenvalue weighted by molar-refractivity contribution is -0.147. The molecule has 37 heavy (non-hydrogen) atoms. The van der Waals surface area contributed by atoms with E-state index in [1.54, 1.807) is 13.8 Å². The molecule has 1 aromatic rings. The van der Waals surface area contributed by atoms with Gasteiger partial charge in [0.15, 0.2) is 11.5 Å². The summed E-state index contributed by atoms with van der Waals surface area (Å²) in [6.45, 7) is 11.2. The summed E-state index contributed by atoms with van der Waals surface area (Å²) in [6.07, 6.45) is -0.711. The van der Waals surface area contributed by atoms with Crippen molar-refractivity contribution in [3.8, 4) is 11.5 Å². The average Bonchev–Trinajstić information content (AvgIpc) is 2.80. The molecular weight excluding hydrogens is 486 g/mol. The first-order chi connectivity index (χ1) is 17.3. The minimum Gasteiger partial charge on any atom is -0.480 e. The van der Waals surface area contributed by atoms with Gasteiger partial charge in [0.25, 0.3) is 0 Å². The molecule has 2 unspecified atom stereocenters. The molecular formula is C26H39NO10. The number of rotatable bonds is 13. The number of aliphatic carboxylic acids is 1. The van der Waals surface area contributed by atoms with Crippen LogP contribution in [-0.4, -0.2) is 55.2 Å². The predicted octanol–water partition coefficient (Wildman–Crippen LogP) is 4.65. The Kier molecular flexibility index (Phi) is 12.9. The lowest BCUT2D eigenvalue weighted by Gasteiger charge is -2.28. The second-order valence-electron chi connectivity index (χ2n) is 9.89. The summed E-state index contributed by atoms with van der Waals surface area (Å²) < 4.78 is 25.7. The maximum atomic E-state index is 12.2. The Balaban J connectivity index is 3.29. The van der Waals surface area contributed by atoms with Gasteiger partial charge in [0, 0.05) is 5.92 Å². The van der Waals surface area contributed by atoms with Gasteiger partial charge in [-0.05, 0) is 41.9 Å². The molecule has 3 atom stereocenters. The zero-order valence-electron chi connectivity index (χ0n) is 22.4. The van der Waals surface area contributed by atoms with Crippen LogP contribution in [-0.2, 0) is 23.8 Å². The number of benzene rings is 1. The van der Waals surface area contributed by atoms with Gasteiger partial charge in [0.1, 0.15) is 6.04 Å². The van der Waals surface area contributed by atoms with E-state index in [-0.39, 0.29) is 43.2 Å². The quantitative estimate of drug-likeness (QED) is 0.209. The zero-order valence-corrected chi connectivity index (χ0v) is 22.4. The summed E-state index contributed by atoms with van der Waals surface area (Å²) in [7, 11) is 0. The normalized spacial score (nSPS) is 13.6. The summed E-state index contributed by atoms with van der Waals surface area (Å²) in [6, 6.07) is 2.80. The second kappa shape index (κ2) is 15.0. The number of hydrogen-bond acceptors (Lipinski definition) is 10. The lowest BCUT2D eigenvalue weighted by Crippen LogP contribution is -2.40. The Morgan fingerprint density at radius 3 is 1.95 bits per heavy atom. The first-order valence-corrected chi connectivity index (χ1v) is 12.3. The molecule has 0 aromatic heterocycles. The van der Waals surface area contributed by atoms with Crippen molar-refractivity contribution < 1.29 is 48.0 Å². The van der Waals surface area contributed by atoms with E-state index < -0.39 is 42.1 Å². The van der Waals surface area contributed by atoms with Crippen LogP contribution in [0.15, 0.2) is 18.2 Å². The Hall–Kier alpha value is -3.34. The van der Waals surface area contributed by atoms with Gasteiger partial charge >= 0.3 is 24.2 Å². The number of carboxylic acid groups (broad SMARTS) is 1. The van der Waals surface area contributed by atoms with Crippen molar-refractivity contribution in [2.75, 3.05) is 19.8 Å². The molecule has 0 radical (unpaired) electrons. The number of hydrogen-bond donors (Lipinski definition) is 2. The van der Waals surface area contributed by atoms with E-state index in [4.69, 9.17) is 29.4 Å². The van der Waals surface area contributed by atoms with Crippen molar-refractivity contribution in [1.82, 2.24) is 0 Å². The zero-order chi connectivity index (χ0) is 28.2. The van der Waals surface area contributed by atoms with Gasteiger partial charge in [-0.25, -0.2) is 9.59 Å². The maximum absolute atomic E-state index is 12.2. The predicted molar refractivity (Wildman–Crippen MR) is 134 cm³/mol. The van der Waals surface area contributed by atoms with Crippen LogP contribution in [0.3, 0.4) is 0 Å². The van der Waals surface area contributed by atoms with Crippen molar-refractivity contribution >= 4 is 24.2 Å². The van der Waals surface area contributed by atoms with Crippen LogP contribution in [0.25, 0.3) is 0 Å². The summed E-state index contributed by atoms with van der Waals surface area (Å²) >= 11 is 0. The van der Waals surface area contributed by atoms with E-state index in [2.05, 4.69) is 0 Å². The fourth-order valence-corrected chi connectivity index (χ4v) is 3.36. The van der Waals surface area contributed by atoms with Gasteiger partial charge in [-0.3, -0.25) is 9.59 Å². The lowest BCUT2D eigenvalue weighted by atomic mass is 9.82. The molecule has 0 aliphatic rings. The SMILES string of the molecule is CCCOC(=O)Oc1ccc(C(C(C)COC(=O)CC(C)(C)C)[C@H](N)C(=O)O)cc1OC(=O)OCCC. The van der Waals surface area contributed by atoms with Crippen molar-refractivity contribution in [2.24, 2.45) is 17.1 Å². The van der Waals surface area contributed by atoms with E-state index in [0.29, 0.717) is 18.4 Å². The average molecular weight is 526 g/mol. The molecule has 0 saturated carbocycles. The van der Waals surface area contributed by atoms with Crippen molar-refractivity contribution in [3.63, 3.8) is 0 Å². The molecule has 0 fully saturated rings. The molecule has 11 heteroatoms. The summed E-state index contributed by atoms with van der Waals surface area (Å²) in [5.74, 6) is -3.40. The minimum atomic E-state index is -1.38. The fraction of sp³-hybridized carbons (Fsp3) is 0.615. The Morgan fingerprint density at radius 1 is 0.919 bits per heavy atom. The fourth-order valence-electron chi connectivity index (χ4n) is 3.36. The molecule has 11 nitrogen and oxygen atoms in total. The van der Waals surface area contributed by atoms with Gasteiger partial charge in [-0.1, -0.05) is 47.6 Å². The maximum Gasteiger partial charge on any atom is 0.513 e. The van der Waals surface area contributed by atoms with Crippen LogP contribution in [0, 0.1) is 11.3 Å². The molecule has 3 N–H and O–H groups in total. The van der Waals surface area contributed by atoms with Crippen LogP contribution < -0.4 is 15.2 Å². The Bertz CT molecular complexity index is 924. The van der Waals surface area contributed by atoms with Gasteiger partial charge < -0.3 is 34.5 Å². The number of esters is 1. The van der Waals surface area contributed by atoms with E-state index in [0.717, 1.165) is 0 Å². The molecule has 1 rings (SSSR count). The van der Waals surface area contributed by atoms with E-state index >= 15 is 0 Å². The van der Waals surface area contributed by atoms with Crippen molar-refractivity contribution in [1.29, 1.82) is 0 Å². The molecule has 0 aliphatic heterocycles. The third-order valence-corrected chi connectivity index (χ3v) is 5.05. The number of ether oxygens (including phenoxy) is 5. The van der Waals surface area contributed by atoms with Crippen LogP contribution in [0.1, 0.15) is 72.3 Å². The molecule has 0 aliphatic carbocycles. The van der Waals surface area contributed by atoms with Crippen molar-refractivity contribution in [3.05, 3.63) is 23.8 Å². The highest BCUT2D eigenvalue weighted by Crippen LogP contribution is 2.36. The molecule has 0 saturated heterocycles. The molecule has 0 heterocycles. The highest BCUT2D eigenvalue weighted by atomic mass is 16.7. The Labute approximate surface area is 217 Å². The smallest absolute Gasteiger partial charge is 0.480 e. The van der Waals surface area contributed by atoms with Crippen LogP contribution >= 0.6 is 0 Å². The first-order valence-electron chi connectivity index (χ1n) is 12.3. The highest BCUT2D eigenvalue weighted by Gasteiger charge is 2.33. The molecule has 208 valence electrons. The summed E-state index contributed by atoms with van der Waals surface area (Å²) in [4.78, 5) is 48.2.